The SMILES string of the molecule is CC1CCCN(c2ccc(C(=O)O)o2)CC1. The molecule has 1 saturated heterocycles. The highest BCUT2D eigenvalue weighted by atomic mass is 16.4. The van der Waals surface area contributed by atoms with Crippen LogP contribution in [0.15, 0.2) is 16.5 Å². The fourth-order valence-electron chi connectivity index (χ4n) is 2.10. The molecule has 1 atom stereocenters. The second kappa shape index (κ2) is 4.60. The van der Waals surface area contributed by atoms with E-state index in [1.807, 2.05) is 0 Å². The van der Waals surface area contributed by atoms with Crippen LogP contribution in [-0.2, 0) is 0 Å². The van der Waals surface area contributed by atoms with Gasteiger partial charge in [-0.05, 0) is 31.2 Å². The van der Waals surface area contributed by atoms with Crippen LogP contribution in [-0.4, -0.2) is 24.2 Å². The summed E-state index contributed by atoms with van der Waals surface area (Å²) in [5, 5.41) is 8.78. The van der Waals surface area contributed by atoms with Gasteiger partial charge in [-0.2, -0.15) is 0 Å². The number of aromatic carboxylic acids is 1. The molecule has 1 aliphatic heterocycles. The Morgan fingerprint density at radius 3 is 2.94 bits per heavy atom. The second-order valence-corrected chi connectivity index (χ2v) is 4.47. The van der Waals surface area contributed by atoms with Crippen molar-refractivity contribution in [3.63, 3.8) is 0 Å². The lowest BCUT2D eigenvalue weighted by molar-refractivity contribution is 0.0663. The van der Waals surface area contributed by atoms with Crippen molar-refractivity contribution in [1.82, 2.24) is 0 Å². The van der Waals surface area contributed by atoms with E-state index in [0.717, 1.165) is 31.8 Å². The maximum absolute atomic E-state index is 10.7. The highest BCUT2D eigenvalue weighted by Crippen LogP contribution is 2.24. The minimum absolute atomic E-state index is 0.0206. The molecule has 1 N–H and O–H groups in total. The Balaban J connectivity index is 2.07. The van der Waals surface area contributed by atoms with E-state index >= 15 is 0 Å². The number of anilines is 1. The lowest BCUT2D eigenvalue weighted by Gasteiger charge is -2.18. The molecule has 1 fully saturated rings. The molecule has 2 heterocycles. The Bertz CT molecular complexity index is 372. The standard InChI is InChI=1S/C12H17NO3/c1-9-3-2-7-13(8-6-9)11-5-4-10(16-11)12(14)15/h4-5,9H,2-3,6-8H2,1H3,(H,14,15). The van der Waals surface area contributed by atoms with Gasteiger partial charge in [0.15, 0.2) is 5.88 Å². The number of rotatable bonds is 2. The average molecular weight is 223 g/mol. The van der Waals surface area contributed by atoms with Crippen LogP contribution >= 0.6 is 0 Å². The van der Waals surface area contributed by atoms with Crippen molar-refractivity contribution in [2.45, 2.75) is 26.2 Å². The van der Waals surface area contributed by atoms with Crippen molar-refractivity contribution >= 4 is 11.9 Å². The molecular weight excluding hydrogens is 206 g/mol. The van der Waals surface area contributed by atoms with Gasteiger partial charge in [0.2, 0.25) is 5.76 Å². The summed E-state index contributed by atoms with van der Waals surface area (Å²) in [6.45, 7) is 4.17. The largest absolute Gasteiger partial charge is 0.475 e. The number of nitrogens with zero attached hydrogens (tertiary/aromatic N) is 1. The molecule has 0 saturated carbocycles. The van der Waals surface area contributed by atoms with E-state index in [9.17, 15) is 4.79 Å². The van der Waals surface area contributed by atoms with Gasteiger partial charge < -0.3 is 14.4 Å². The molecule has 2 rings (SSSR count). The summed E-state index contributed by atoms with van der Waals surface area (Å²) in [6.07, 6.45) is 3.52. The van der Waals surface area contributed by atoms with Gasteiger partial charge in [-0.3, -0.25) is 0 Å². The number of furan rings is 1. The monoisotopic (exact) mass is 223 g/mol. The van der Waals surface area contributed by atoms with Crippen molar-refractivity contribution in [2.24, 2.45) is 5.92 Å². The van der Waals surface area contributed by atoms with E-state index < -0.39 is 5.97 Å². The molecule has 88 valence electrons. The first-order chi connectivity index (χ1) is 7.66. The minimum atomic E-state index is -1.01. The van der Waals surface area contributed by atoms with Gasteiger partial charge in [0.05, 0.1) is 0 Å². The van der Waals surface area contributed by atoms with E-state index in [4.69, 9.17) is 9.52 Å². The third-order valence-corrected chi connectivity index (χ3v) is 3.13. The third kappa shape index (κ3) is 2.38. The topological polar surface area (TPSA) is 53.7 Å². The van der Waals surface area contributed by atoms with Gasteiger partial charge in [0, 0.05) is 19.2 Å². The second-order valence-electron chi connectivity index (χ2n) is 4.47. The van der Waals surface area contributed by atoms with Crippen molar-refractivity contribution in [1.29, 1.82) is 0 Å². The van der Waals surface area contributed by atoms with Gasteiger partial charge >= 0.3 is 5.97 Å². The quantitative estimate of drug-likeness (QED) is 0.837. The average Bonchev–Trinajstić information content (AvgIpc) is 2.63. The zero-order valence-electron chi connectivity index (χ0n) is 9.48. The van der Waals surface area contributed by atoms with Crippen LogP contribution in [0.4, 0.5) is 5.88 Å². The van der Waals surface area contributed by atoms with Crippen LogP contribution in [0.2, 0.25) is 0 Å². The Labute approximate surface area is 94.9 Å². The Morgan fingerprint density at radius 1 is 1.44 bits per heavy atom. The maximum Gasteiger partial charge on any atom is 0.371 e. The van der Waals surface area contributed by atoms with Crippen molar-refractivity contribution in [2.75, 3.05) is 18.0 Å². The molecule has 0 amide bonds. The molecule has 1 aromatic rings. The highest BCUT2D eigenvalue weighted by Gasteiger charge is 2.18. The lowest BCUT2D eigenvalue weighted by Crippen LogP contribution is -2.23. The number of hydrogen-bond donors (Lipinski definition) is 1. The maximum atomic E-state index is 10.7. The van der Waals surface area contributed by atoms with Gasteiger partial charge in [-0.1, -0.05) is 6.92 Å². The van der Waals surface area contributed by atoms with Crippen LogP contribution in [0.5, 0.6) is 0 Å². The van der Waals surface area contributed by atoms with Gasteiger partial charge in [0.25, 0.3) is 0 Å². The zero-order valence-corrected chi connectivity index (χ0v) is 9.48. The fraction of sp³-hybridized carbons (Fsp3) is 0.583. The van der Waals surface area contributed by atoms with Crippen molar-refractivity contribution in [3.8, 4) is 0 Å². The van der Waals surface area contributed by atoms with Crippen LogP contribution in [0, 0.1) is 5.92 Å². The molecule has 16 heavy (non-hydrogen) atoms. The first-order valence-electron chi connectivity index (χ1n) is 5.75. The smallest absolute Gasteiger partial charge is 0.371 e. The number of hydrogen-bond acceptors (Lipinski definition) is 3. The Hall–Kier alpha value is -1.45. The molecule has 1 aliphatic rings. The first-order valence-corrected chi connectivity index (χ1v) is 5.75. The molecule has 0 spiro atoms. The summed E-state index contributed by atoms with van der Waals surface area (Å²) in [4.78, 5) is 12.8. The van der Waals surface area contributed by atoms with Gasteiger partial charge in [-0.25, -0.2) is 4.79 Å². The van der Waals surface area contributed by atoms with Crippen LogP contribution in [0.3, 0.4) is 0 Å². The summed E-state index contributed by atoms with van der Waals surface area (Å²) in [5.74, 6) is 0.451. The Kier molecular flexibility index (Phi) is 3.17. The van der Waals surface area contributed by atoms with E-state index in [1.54, 1.807) is 6.07 Å². The first kappa shape index (κ1) is 11.0. The Morgan fingerprint density at radius 2 is 2.25 bits per heavy atom. The highest BCUT2D eigenvalue weighted by molar-refractivity contribution is 5.84. The van der Waals surface area contributed by atoms with Crippen molar-refractivity contribution < 1.29 is 14.3 Å². The molecule has 4 nitrogen and oxygen atoms in total. The minimum Gasteiger partial charge on any atom is -0.475 e. The predicted octanol–water partition coefficient (Wildman–Crippen LogP) is 2.60. The zero-order chi connectivity index (χ0) is 11.5. The van der Waals surface area contributed by atoms with Crippen LogP contribution in [0.25, 0.3) is 0 Å². The molecule has 0 bridgehead atoms. The number of carboxylic acid groups (broad SMARTS) is 1. The van der Waals surface area contributed by atoms with E-state index in [1.165, 1.54) is 12.5 Å². The molecule has 4 heteroatoms. The van der Waals surface area contributed by atoms with E-state index in [0.29, 0.717) is 5.88 Å². The molecule has 1 unspecified atom stereocenters. The fourth-order valence-corrected chi connectivity index (χ4v) is 2.10. The van der Waals surface area contributed by atoms with Gasteiger partial charge in [-0.15, -0.1) is 0 Å². The lowest BCUT2D eigenvalue weighted by atomic mass is 10.0. The summed E-state index contributed by atoms with van der Waals surface area (Å²) in [7, 11) is 0. The van der Waals surface area contributed by atoms with Gasteiger partial charge in [0.1, 0.15) is 0 Å². The molecular formula is C12H17NO3. The summed E-state index contributed by atoms with van der Waals surface area (Å²) in [6, 6.07) is 3.27. The van der Waals surface area contributed by atoms with Crippen LogP contribution in [0.1, 0.15) is 36.7 Å². The molecule has 1 aromatic heterocycles. The molecule has 0 radical (unpaired) electrons. The number of carbonyl (C=O) groups is 1. The third-order valence-electron chi connectivity index (χ3n) is 3.13. The normalized spacial score (nSPS) is 21.8. The number of carboxylic acids is 1. The summed E-state index contributed by atoms with van der Waals surface area (Å²) < 4.78 is 5.30. The summed E-state index contributed by atoms with van der Waals surface area (Å²) >= 11 is 0. The predicted molar refractivity (Wildman–Crippen MR) is 60.9 cm³/mol. The summed E-state index contributed by atoms with van der Waals surface area (Å²) in [5.41, 5.74) is 0. The van der Waals surface area contributed by atoms with E-state index in [-0.39, 0.29) is 5.76 Å². The van der Waals surface area contributed by atoms with Crippen LogP contribution < -0.4 is 4.90 Å². The molecule has 0 aromatic carbocycles. The van der Waals surface area contributed by atoms with E-state index in [2.05, 4.69) is 11.8 Å². The molecule has 0 aliphatic carbocycles. The van der Waals surface area contributed by atoms with Crippen molar-refractivity contribution in [3.05, 3.63) is 17.9 Å².